The molecule has 1 saturated heterocycles. The maximum absolute atomic E-state index is 5.55. The Bertz CT molecular complexity index is 283. The number of ether oxygens (including phenoxy) is 1. The van der Waals surface area contributed by atoms with Gasteiger partial charge in [0.1, 0.15) is 12.1 Å². The van der Waals surface area contributed by atoms with Crippen LogP contribution in [0.15, 0.2) is 18.6 Å². The van der Waals surface area contributed by atoms with E-state index in [2.05, 4.69) is 30.8 Å². The Morgan fingerprint density at radius 1 is 1.64 bits per heavy atom. The molecule has 5 heteroatoms. The molecule has 0 amide bonds. The molecule has 0 spiro atoms. The SMILES string of the molecule is BrCC1CN(c2ccncn2)CCO1. The summed E-state index contributed by atoms with van der Waals surface area (Å²) in [5.74, 6) is 0.981. The van der Waals surface area contributed by atoms with Crippen molar-refractivity contribution in [3.05, 3.63) is 18.6 Å². The molecule has 0 saturated carbocycles. The van der Waals surface area contributed by atoms with Crippen molar-refractivity contribution in [3.8, 4) is 0 Å². The smallest absolute Gasteiger partial charge is 0.132 e. The second-order valence-electron chi connectivity index (χ2n) is 3.16. The highest BCUT2D eigenvalue weighted by Gasteiger charge is 2.19. The maximum Gasteiger partial charge on any atom is 0.132 e. The number of morpholine rings is 1. The van der Waals surface area contributed by atoms with E-state index in [1.54, 1.807) is 12.5 Å². The van der Waals surface area contributed by atoms with Gasteiger partial charge in [0.2, 0.25) is 0 Å². The van der Waals surface area contributed by atoms with Crippen LogP contribution < -0.4 is 4.90 Å². The molecule has 1 unspecified atom stereocenters. The Morgan fingerprint density at radius 3 is 3.29 bits per heavy atom. The predicted molar refractivity (Wildman–Crippen MR) is 57.8 cm³/mol. The molecule has 0 bridgehead atoms. The summed E-state index contributed by atoms with van der Waals surface area (Å²) >= 11 is 3.43. The van der Waals surface area contributed by atoms with Gasteiger partial charge >= 0.3 is 0 Å². The van der Waals surface area contributed by atoms with Gasteiger partial charge < -0.3 is 9.64 Å². The molecule has 14 heavy (non-hydrogen) atoms. The minimum absolute atomic E-state index is 0.263. The van der Waals surface area contributed by atoms with E-state index in [1.807, 2.05) is 6.07 Å². The molecular formula is C9H12BrN3O. The molecule has 76 valence electrons. The topological polar surface area (TPSA) is 38.2 Å². The summed E-state index contributed by atoms with van der Waals surface area (Å²) in [7, 11) is 0. The summed E-state index contributed by atoms with van der Waals surface area (Å²) in [5, 5.41) is 0.870. The number of halogens is 1. The Morgan fingerprint density at radius 2 is 2.57 bits per heavy atom. The van der Waals surface area contributed by atoms with Crippen molar-refractivity contribution in [1.29, 1.82) is 0 Å². The lowest BCUT2D eigenvalue weighted by molar-refractivity contribution is 0.0568. The summed E-state index contributed by atoms with van der Waals surface area (Å²) in [6.45, 7) is 2.56. The normalized spacial score (nSPS) is 22.4. The molecule has 2 heterocycles. The van der Waals surface area contributed by atoms with E-state index in [-0.39, 0.29) is 6.10 Å². The molecule has 1 atom stereocenters. The fourth-order valence-electron chi connectivity index (χ4n) is 1.49. The van der Waals surface area contributed by atoms with Gasteiger partial charge in [-0.3, -0.25) is 0 Å². The lowest BCUT2D eigenvalue weighted by Gasteiger charge is -2.32. The molecule has 2 rings (SSSR count). The summed E-state index contributed by atoms with van der Waals surface area (Å²) in [5.41, 5.74) is 0. The number of aromatic nitrogens is 2. The second-order valence-corrected chi connectivity index (χ2v) is 3.81. The number of anilines is 1. The quantitative estimate of drug-likeness (QED) is 0.744. The van der Waals surface area contributed by atoms with Crippen LogP contribution in [0, 0.1) is 0 Å². The zero-order chi connectivity index (χ0) is 9.80. The van der Waals surface area contributed by atoms with Gasteiger partial charge in [-0.25, -0.2) is 9.97 Å². The third-order valence-corrected chi connectivity index (χ3v) is 2.92. The van der Waals surface area contributed by atoms with Crippen LogP contribution in [0.4, 0.5) is 5.82 Å². The third-order valence-electron chi connectivity index (χ3n) is 2.20. The second kappa shape index (κ2) is 4.70. The van der Waals surface area contributed by atoms with E-state index < -0.39 is 0 Å². The Labute approximate surface area is 91.4 Å². The number of rotatable bonds is 2. The van der Waals surface area contributed by atoms with Gasteiger partial charge in [-0.1, -0.05) is 15.9 Å². The van der Waals surface area contributed by atoms with Crippen molar-refractivity contribution in [3.63, 3.8) is 0 Å². The van der Waals surface area contributed by atoms with Crippen molar-refractivity contribution in [2.24, 2.45) is 0 Å². The van der Waals surface area contributed by atoms with Crippen molar-refractivity contribution >= 4 is 21.7 Å². The highest BCUT2D eigenvalue weighted by atomic mass is 79.9. The lowest BCUT2D eigenvalue weighted by atomic mass is 10.3. The maximum atomic E-state index is 5.55. The molecule has 0 radical (unpaired) electrons. The van der Waals surface area contributed by atoms with Crippen LogP contribution in [-0.4, -0.2) is 41.1 Å². The van der Waals surface area contributed by atoms with E-state index in [1.165, 1.54) is 0 Å². The number of hydrogen-bond acceptors (Lipinski definition) is 4. The van der Waals surface area contributed by atoms with Crippen LogP contribution in [-0.2, 0) is 4.74 Å². The molecular weight excluding hydrogens is 246 g/mol. The average Bonchev–Trinajstić information content (AvgIpc) is 2.30. The predicted octanol–water partition coefficient (Wildman–Crippen LogP) is 1.08. The van der Waals surface area contributed by atoms with E-state index in [9.17, 15) is 0 Å². The first-order valence-electron chi connectivity index (χ1n) is 4.58. The van der Waals surface area contributed by atoms with Crippen molar-refractivity contribution in [2.45, 2.75) is 6.10 Å². The first-order chi connectivity index (χ1) is 6.90. The first kappa shape index (κ1) is 9.86. The molecule has 0 aliphatic carbocycles. The third kappa shape index (κ3) is 2.22. The number of nitrogens with zero attached hydrogens (tertiary/aromatic N) is 3. The van der Waals surface area contributed by atoms with Gasteiger partial charge in [0.05, 0.1) is 12.7 Å². The minimum atomic E-state index is 0.263. The van der Waals surface area contributed by atoms with Crippen LogP contribution in [0.1, 0.15) is 0 Å². The van der Waals surface area contributed by atoms with E-state index in [0.29, 0.717) is 0 Å². The Hall–Kier alpha value is -0.680. The highest BCUT2D eigenvalue weighted by molar-refractivity contribution is 9.09. The summed E-state index contributed by atoms with van der Waals surface area (Å²) in [6, 6.07) is 1.93. The molecule has 1 aliphatic rings. The monoisotopic (exact) mass is 257 g/mol. The molecule has 0 N–H and O–H groups in total. The summed E-state index contributed by atoms with van der Waals surface area (Å²) < 4.78 is 5.55. The molecule has 1 aromatic heterocycles. The fraction of sp³-hybridized carbons (Fsp3) is 0.556. The zero-order valence-corrected chi connectivity index (χ0v) is 9.35. The van der Waals surface area contributed by atoms with Crippen LogP contribution in [0.3, 0.4) is 0 Å². The fourth-order valence-corrected chi connectivity index (χ4v) is 1.88. The average molecular weight is 258 g/mol. The number of alkyl halides is 1. The van der Waals surface area contributed by atoms with Crippen molar-refractivity contribution < 1.29 is 4.74 Å². The van der Waals surface area contributed by atoms with Gasteiger partial charge in [-0.05, 0) is 6.07 Å². The van der Waals surface area contributed by atoms with Gasteiger partial charge in [0.15, 0.2) is 0 Å². The van der Waals surface area contributed by atoms with E-state index >= 15 is 0 Å². The van der Waals surface area contributed by atoms with Crippen molar-refractivity contribution in [1.82, 2.24) is 9.97 Å². The largest absolute Gasteiger partial charge is 0.374 e. The first-order valence-corrected chi connectivity index (χ1v) is 5.71. The van der Waals surface area contributed by atoms with Gasteiger partial charge in [-0.15, -0.1) is 0 Å². The van der Waals surface area contributed by atoms with Gasteiger partial charge in [-0.2, -0.15) is 0 Å². The van der Waals surface area contributed by atoms with Crippen LogP contribution in [0.2, 0.25) is 0 Å². The molecule has 0 aromatic carbocycles. The lowest BCUT2D eigenvalue weighted by Crippen LogP contribution is -2.43. The van der Waals surface area contributed by atoms with Crippen LogP contribution in [0.5, 0.6) is 0 Å². The molecule has 4 nitrogen and oxygen atoms in total. The summed E-state index contributed by atoms with van der Waals surface area (Å²) in [4.78, 5) is 10.3. The minimum Gasteiger partial charge on any atom is -0.374 e. The Kier molecular flexibility index (Phi) is 3.31. The van der Waals surface area contributed by atoms with Crippen LogP contribution >= 0.6 is 15.9 Å². The van der Waals surface area contributed by atoms with Crippen molar-refractivity contribution in [2.75, 3.05) is 29.9 Å². The highest BCUT2D eigenvalue weighted by Crippen LogP contribution is 2.14. The standard InChI is InChI=1S/C9H12BrN3O/c10-5-8-6-13(3-4-14-8)9-1-2-11-7-12-9/h1-2,7-8H,3-6H2. The number of hydrogen-bond donors (Lipinski definition) is 0. The Balaban J connectivity index is 2.04. The van der Waals surface area contributed by atoms with E-state index in [0.717, 1.165) is 30.8 Å². The molecule has 1 aliphatic heterocycles. The molecule has 1 aromatic rings. The van der Waals surface area contributed by atoms with E-state index in [4.69, 9.17) is 4.74 Å². The molecule has 1 fully saturated rings. The van der Waals surface area contributed by atoms with Crippen LogP contribution in [0.25, 0.3) is 0 Å². The summed E-state index contributed by atoms with van der Waals surface area (Å²) in [6.07, 6.45) is 3.60. The zero-order valence-electron chi connectivity index (χ0n) is 7.77. The van der Waals surface area contributed by atoms with Gasteiger partial charge in [0, 0.05) is 24.6 Å². The van der Waals surface area contributed by atoms with Gasteiger partial charge in [0.25, 0.3) is 0 Å².